The summed E-state index contributed by atoms with van der Waals surface area (Å²) in [4.78, 5) is 10.5. The minimum atomic E-state index is -0.538. The van der Waals surface area contributed by atoms with Gasteiger partial charge in [-0.3, -0.25) is 4.79 Å². The molecule has 0 radical (unpaired) electrons. The maximum absolute atomic E-state index is 10.5. The molecule has 2 aliphatic heterocycles. The molecule has 4 atom stereocenters. The van der Waals surface area contributed by atoms with Crippen molar-refractivity contribution < 1.29 is 24.5 Å². The van der Waals surface area contributed by atoms with E-state index < -0.39 is 12.2 Å². The molecule has 0 aliphatic carbocycles. The van der Waals surface area contributed by atoms with E-state index >= 15 is 0 Å². The number of aliphatic hydroxyl groups is 2. The number of nitrogens with two attached hydrogens (primary N) is 1. The van der Waals surface area contributed by atoms with E-state index in [-0.39, 0.29) is 18.0 Å². The number of hydrogen-bond donors (Lipinski definition) is 4. The lowest BCUT2D eigenvalue weighted by Gasteiger charge is -2.11. The van der Waals surface area contributed by atoms with Gasteiger partial charge < -0.3 is 30.7 Å². The Bertz CT molecular complexity index is 243. The Morgan fingerprint density at radius 3 is 2.06 bits per heavy atom. The lowest BCUT2D eigenvalue weighted by atomic mass is 10.2. The molecule has 0 spiro atoms. The first-order chi connectivity index (χ1) is 8.00. The van der Waals surface area contributed by atoms with Crippen LogP contribution in [0.1, 0.15) is 6.92 Å². The summed E-state index contributed by atoms with van der Waals surface area (Å²) < 4.78 is 9.70. The summed E-state index contributed by atoms with van der Waals surface area (Å²) in [7, 11) is 0. The summed E-state index contributed by atoms with van der Waals surface area (Å²) in [6.45, 7) is 3.07. The smallest absolute Gasteiger partial charge is 0.217 e. The zero-order chi connectivity index (χ0) is 12.8. The van der Waals surface area contributed by atoms with Crippen molar-refractivity contribution >= 4 is 5.91 Å². The van der Waals surface area contributed by atoms with Gasteiger partial charge in [0.05, 0.1) is 50.7 Å². The molecular weight excluding hydrogens is 228 g/mol. The SMILES string of the molecule is CC(=O)N[C@H]1COC[C@@H]1O.N[C@H]1COC[C@@H]1O. The molecule has 0 saturated carbocycles. The normalized spacial score (nSPS) is 36.2. The largest absolute Gasteiger partial charge is 0.389 e. The van der Waals surface area contributed by atoms with Gasteiger partial charge in [0.1, 0.15) is 0 Å². The van der Waals surface area contributed by atoms with Gasteiger partial charge in [-0.2, -0.15) is 0 Å². The summed E-state index contributed by atoms with van der Waals surface area (Å²) >= 11 is 0. The van der Waals surface area contributed by atoms with Crippen molar-refractivity contribution in [3.05, 3.63) is 0 Å². The fourth-order valence-corrected chi connectivity index (χ4v) is 1.50. The Morgan fingerprint density at radius 1 is 1.18 bits per heavy atom. The lowest BCUT2D eigenvalue weighted by molar-refractivity contribution is -0.120. The number of ether oxygens (including phenoxy) is 2. The molecule has 7 nitrogen and oxygen atoms in total. The first-order valence-corrected chi connectivity index (χ1v) is 5.55. The topological polar surface area (TPSA) is 114 Å². The predicted octanol–water partition coefficient (Wildman–Crippen LogP) is -2.41. The van der Waals surface area contributed by atoms with E-state index in [9.17, 15) is 4.79 Å². The minimum Gasteiger partial charge on any atom is -0.389 e. The van der Waals surface area contributed by atoms with E-state index in [4.69, 9.17) is 25.4 Å². The average molecular weight is 248 g/mol. The molecule has 0 unspecified atom stereocenters. The molecule has 7 heteroatoms. The zero-order valence-corrected chi connectivity index (χ0v) is 9.83. The molecule has 0 aromatic rings. The van der Waals surface area contributed by atoms with E-state index in [0.717, 1.165) is 0 Å². The Kier molecular flexibility index (Phi) is 5.79. The fraction of sp³-hybridized carbons (Fsp3) is 0.900. The highest BCUT2D eigenvalue weighted by Gasteiger charge is 2.26. The molecule has 2 aliphatic rings. The molecule has 2 rings (SSSR count). The summed E-state index contributed by atoms with van der Waals surface area (Å²) in [5.74, 6) is -0.130. The van der Waals surface area contributed by atoms with Gasteiger partial charge in [0.2, 0.25) is 5.91 Å². The Labute approximate surface area is 99.9 Å². The van der Waals surface area contributed by atoms with Crippen LogP contribution in [-0.2, 0) is 14.3 Å². The van der Waals surface area contributed by atoms with Crippen LogP contribution < -0.4 is 11.1 Å². The predicted molar refractivity (Wildman–Crippen MR) is 59.2 cm³/mol. The molecule has 0 bridgehead atoms. The van der Waals surface area contributed by atoms with Gasteiger partial charge in [0.15, 0.2) is 0 Å². The minimum absolute atomic E-state index is 0.130. The number of carbonyl (C=O) groups is 1. The molecule has 100 valence electrons. The van der Waals surface area contributed by atoms with Gasteiger partial charge in [-0.25, -0.2) is 0 Å². The number of carbonyl (C=O) groups excluding carboxylic acids is 1. The molecule has 1 amide bonds. The van der Waals surface area contributed by atoms with Crippen LogP contribution in [0.15, 0.2) is 0 Å². The maximum atomic E-state index is 10.5. The highest BCUT2D eigenvalue weighted by atomic mass is 16.5. The van der Waals surface area contributed by atoms with Crippen LogP contribution in [-0.4, -0.2) is 66.8 Å². The van der Waals surface area contributed by atoms with Gasteiger partial charge >= 0.3 is 0 Å². The van der Waals surface area contributed by atoms with Crippen LogP contribution in [0.5, 0.6) is 0 Å². The Hall–Kier alpha value is -0.730. The molecule has 0 aromatic heterocycles. The average Bonchev–Trinajstić information content (AvgIpc) is 2.79. The number of nitrogens with one attached hydrogen (secondary N) is 1. The van der Waals surface area contributed by atoms with Crippen molar-refractivity contribution in [2.75, 3.05) is 26.4 Å². The van der Waals surface area contributed by atoms with Gasteiger partial charge in [0, 0.05) is 6.92 Å². The summed E-state index contributed by atoms with van der Waals surface area (Å²) in [6.07, 6.45) is -0.969. The third kappa shape index (κ3) is 4.97. The Balaban J connectivity index is 0.000000181. The van der Waals surface area contributed by atoms with Gasteiger partial charge in [-0.1, -0.05) is 0 Å². The van der Waals surface area contributed by atoms with Crippen LogP contribution in [0.4, 0.5) is 0 Å². The standard InChI is InChI=1S/C6H11NO3.C4H9NO2/c1-4(8)7-5-2-10-3-6(5)9;5-3-1-7-2-4(3)6/h5-6,9H,2-3H2,1H3,(H,7,8);3-4,6H,1-2,5H2/t5-,6-;3-,4-/m00/s1. The Morgan fingerprint density at radius 2 is 1.76 bits per heavy atom. The number of amides is 1. The molecule has 0 aromatic carbocycles. The monoisotopic (exact) mass is 248 g/mol. The molecule has 2 heterocycles. The molecule has 2 fully saturated rings. The second-order valence-corrected chi connectivity index (χ2v) is 4.18. The molecule has 5 N–H and O–H groups in total. The van der Waals surface area contributed by atoms with Crippen molar-refractivity contribution in [1.82, 2.24) is 5.32 Å². The van der Waals surface area contributed by atoms with Crippen LogP contribution in [0.3, 0.4) is 0 Å². The van der Waals surface area contributed by atoms with E-state index in [1.807, 2.05) is 0 Å². The molecule has 17 heavy (non-hydrogen) atoms. The van der Waals surface area contributed by atoms with Crippen molar-refractivity contribution in [3.63, 3.8) is 0 Å². The third-order valence-corrected chi connectivity index (χ3v) is 2.53. The van der Waals surface area contributed by atoms with Crippen molar-refractivity contribution in [3.8, 4) is 0 Å². The summed E-state index contributed by atoms with van der Waals surface area (Å²) in [5, 5.41) is 20.4. The first-order valence-electron chi connectivity index (χ1n) is 5.55. The van der Waals surface area contributed by atoms with Crippen LogP contribution >= 0.6 is 0 Å². The lowest BCUT2D eigenvalue weighted by Crippen LogP contribution is -2.41. The summed E-state index contributed by atoms with van der Waals surface area (Å²) in [5.41, 5.74) is 5.30. The molecule has 2 saturated heterocycles. The number of rotatable bonds is 1. The quantitative estimate of drug-likeness (QED) is 0.411. The van der Waals surface area contributed by atoms with Crippen molar-refractivity contribution in [2.45, 2.75) is 31.2 Å². The molecular formula is C10H20N2O5. The number of aliphatic hydroxyl groups excluding tert-OH is 2. The van der Waals surface area contributed by atoms with E-state index in [1.54, 1.807) is 0 Å². The fourth-order valence-electron chi connectivity index (χ4n) is 1.50. The van der Waals surface area contributed by atoms with Crippen LogP contribution in [0, 0.1) is 0 Å². The van der Waals surface area contributed by atoms with Crippen molar-refractivity contribution in [2.24, 2.45) is 5.73 Å². The van der Waals surface area contributed by atoms with Crippen LogP contribution in [0.2, 0.25) is 0 Å². The van der Waals surface area contributed by atoms with Gasteiger partial charge in [-0.05, 0) is 0 Å². The third-order valence-electron chi connectivity index (χ3n) is 2.53. The zero-order valence-electron chi connectivity index (χ0n) is 9.83. The second kappa shape index (κ2) is 6.87. The van der Waals surface area contributed by atoms with E-state index in [0.29, 0.717) is 26.4 Å². The van der Waals surface area contributed by atoms with Crippen LogP contribution in [0.25, 0.3) is 0 Å². The summed E-state index contributed by atoms with van der Waals surface area (Å²) in [6, 6.07) is -0.363. The van der Waals surface area contributed by atoms with E-state index in [1.165, 1.54) is 6.92 Å². The number of hydrogen-bond acceptors (Lipinski definition) is 6. The first kappa shape index (κ1) is 14.3. The highest BCUT2D eigenvalue weighted by molar-refractivity contribution is 5.73. The van der Waals surface area contributed by atoms with Gasteiger partial charge in [0.25, 0.3) is 0 Å². The van der Waals surface area contributed by atoms with Gasteiger partial charge in [-0.15, -0.1) is 0 Å². The van der Waals surface area contributed by atoms with Crippen molar-refractivity contribution in [1.29, 1.82) is 0 Å². The van der Waals surface area contributed by atoms with E-state index in [2.05, 4.69) is 5.32 Å². The maximum Gasteiger partial charge on any atom is 0.217 e. The highest BCUT2D eigenvalue weighted by Crippen LogP contribution is 2.04. The second-order valence-electron chi connectivity index (χ2n) is 4.18.